The van der Waals surface area contributed by atoms with Crippen molar-refractivity contribution in [1.29, 1.82) is 0 Å². The summed E-state index contributed by atoms with van der Waals surface area (Å²) in [7, 11) is 0. The zero-order valence-electron chi connectivity index (χ0n) is 15.6. The molecule has 2 aromatic carbocycles. The number of amides is 1. The number of hydrogen-bond acceptors (Lipinski definition) is 3. The minimum absolute atomic E-state index is 0.0690. The molecule has 1 fully saturated rings. The third-order valence-corrected chi connectivity index (χ3v) is 4.97. The van der Waals surface area contributed by atoms with Gasteiger partial charge in [-0.15, -0.1) is 5.10 Å². The molecule has 0 unspecified atom stereocenters. The predicted octanol–water partition coefficient (Wildman–Crippen LogP) is 4.26. The molecule has 5 nitrogen and oxygen atoms in total. The quantitative estimate of drug-likeness (QED) is 0.701. The van der Waals surface area contributed by atoms with Crippen molar-refractivity contribution in [3.05, 3.63) is 66.0 Å². The van der Waals surface area contributed by atoms with Gasteiger partial charge in [-0.1, -0.05) is 55.3 Å². The Bertz CT molecular complexity index is 924. The van der Waals surface area contributed by atoms with Crippen molar-refractivity contribution >= 4 is 5.91 Å². The first kappa shape index (κ1) is 17.5. The fourth-order valence-corrected chi connectivity index (χ4v) is 3.53. The van der Waals surface area contributed by atoms with Crippen LogP contribution in [0.15, 0.2) is 54.6 Å². The SMILES string of the molecule is Cc1cccc(-n2nc(C(=O)N3CCCCCC3)nc2-c2ccccc2)c1. The number of carbonyl (C=O) groups is 1. The highest BCUT2D eigenvalue weighted by atomic mass is 16.2. The molecule has 5 heteroatoms. The maximum atomic E-state index is 13.0. The van der Waals surface area contributed by atoms with Gasteiger partial charge in [-0.3, -0.25) is 4.79 Å². The van der Waals surface area contributed by atoms with Crippen LogP contribution in [0.25, 0.3) is 17.1 Å². The molecule has 1 amide bonds. The number of rotatable bonds is 3. The van der Waals surface area contributed by atoms with E-state index in [1.165, 1.54) is 12.8 Å². The summed E-state index contributed by atoms with van der Waals surface area (Å²) in [5, 5.41) is 4.62. The first-order valence-corrected chi connectivity index (χ1v) is 9.61. The van der Waals surface area contributed by atoms with Crippen LogP contribution in [0.4, 0.5) is 0 Å². The number of benzene rings is 2. The second-order valence-electron chi connectivity index (χ2n) is 7.08. The molecule has 0 saturated carbocycles. The van der Waals surface area contributed by atoms with Crippen LogP contribution >= 0.6 is 0 Å². The summed E-state index contributed by atoms with van der Waals surface area (Å²) < 4.78 is 1.79. The van der Waals surface area contributed by atoms with Crippen LogP contribution in [0.3, 0.4) is 0 Å². The molecule has 3 aromatic rings. The molecule has 1 aliphatic rings. The van der Waals surface area contributed by atoms with Crippen molar-refractivity contribution in [3.8, 4) is 17.1 Å². The fourth-order valence-electron chi connectivity index (χ4n) is 3.53. The second kappa shape index (κ2) is 7.74. The molecule has 1 aliphatic heterocycles. The van der Waals surface area contributed by atoms with Gasteiger partial charge in [-0.2, -0.15) is 0 Å². The third kappa shape index (κ3) is 3.77. The van der Waals surface area contributed by atoms with E-state index in [0.29, 0.717) is 5.82 Å². The van der Waals surface area contributed by atoms with E-state index in [1.807, 2.05) is 60.4 Å². The van der Waals surface area contributed by atoms with Gasteiger partial charge in [0.25, 0.3) is 5.91 Å². The molecule has 0 spiro atoms. The number of carbonyl (C=O) groups excluding carboxylic acids is 1. The summed E-state index contributed by atoms with van der Waals surface area (Å²) in [5.74, 6) is 0.900. The lowest BCUT2D eigenvalue weighted by Gasteiger charge is -2.18. The van der Waals surface area contributed by atoms with Crippen LogP contribution < -0.4 is 0 Å². The number of likely N-dealkylation sites (tertiary alicyclic amines) is 1. The zero-order valence-corrected chi connectivity index (χ0v) is 15.6. The lowest BCUT2D eigenvalue weighted by molar-refractivity contribution is 0.0749. The summed E-state index contributed by atoms with van der Waals surface area (Å²) in [5.41, 5.74) is 3.00. The van der Waals surface area contributed by atoms with E-state index in [4.69, 9.17) is 0 Å². The Hall–Kier alpha value is -2.95. The molecule has 0 aliphatic carbocycles. The molecule has 0 N–H and O–H groups in total. The molecule has 0 bridgehead atoms. The van der Waals surface area contributed by atoms with Gasteiger partial charge in [0.2, 0.25) is 5.82 Å². The molecule has 27 heavy (non-hydrogen) atoms. The van der Waals surface area contributed by atoms with Crippen molar-refractivity contribution < 1.29 is 4.79 Å². The molecule has 4 rings (SSSR count). The highest BCUT2D eigenvalue weighted by molar-refractivity contribution is 5.91. The number of hydrogen-bond donors (Lipinski definition) is 0. The summed E-state index contributed by atoms with van der Waals surface area (Å²) >= 11 is 0. The van der Waals surface area contributed by atoms with Gasteiger partial charge in [0.05, 0.1) is 5.69 Å². The van der Waals surface area contributed by atoms with E-state index in [2.05, 4.69) is 16.1 Å². The molecule has 0 atom stereocenters. The van der Waals surface area contributed by atoms with Crippen molar-refractivity contribution in [1.82, 2.24) is 19.7 Å². The highest BCUT2D eigenvalue weighted by Gasteiger charge is 2.24. The first-order valence-electron chi connectivity index (χ1n) is 9.61. The highest BCUT2D eigenvalue weighted by Crippen LogP contribution is 2.22. The minimum atomic E-state index is -0.0690. The van der Waals surface area contributed by atoms with Crippen molar-refractivity contribution in [2.45, 2.75) is 32.6 Å². The Morgan fingerprint density at radius 2 is 1.67 bits per heavy atom. The maximum absolute atomic E-state index is 13.0. The Labute approximate surface area is 159 Å². The average molecular weight is 360 g/mol. The van der Waals surface area contributed by atoms with Gasteiger partial charge < -0.3 is 4.90 Å². The van der Waals surface area contributed by atoms with Crippen molar-refractivity contribution in [2.24, 2.45) is 0 Å². The molecular weight excluding hydrogens is 336 g/mol. The standard InChI is InChI=1S/C22H24N4O/c1-17-10-9-13-19(16-17)26-21(18-11-5-4-6-12-18)23-20(24-26)22(27)25-14-7-2-3-8-15-25/h4-6,9-13,16H,2-3,7-8,14-15H2,1H3. The van der Waals surface area contributed by atoms with Crippen molar-refractivity contribution in [2.75, 3.05) is 13.1 Å². The van der Waals surface area contributed by atoms with E-state index in [9.17, 15) is 4.79 Å². The van der Waals surface area contributed by atoms with Gasteiger partial charge in [0.15, 0.2) is 5.82 Å². The van der Waals surface area contributed by atoms with Gasteiger partial charge in [-0.05, 0) is 37.5 Å². The van der Waals surface area contributed by atoms with Crippen LogP contribution in [-0.4, -0.2) is 38.7 Å². The van der Waals surface area contributed by atoms with Crippen LogP contribution in [-0.2, 0) is 0 Å². The van der Waals surface area contributed by atoms with E-state index in [1.54, 1.807) is 4.68 Å². The molecule has 138 valence electrons. The zero-order chi connectivity index (χ0) is 18.6. The molecular formula is C22H24N4O. The van der Waals surface area contributed by atoms with Gasteiger partial charge in [-0.25, -0.2) is 9.67 Å². The fraction of sp³-hybridized carbons (Fsp3) is 0.318. The monoisotopic (exact) mass is 360 g/mol. The molecule has 1 aromatic heterocycles. The summed E-state index contributed by atoms with van der Waals surface area (Å²) in [4.78, 5) is 19.6. The van der Waals surface area contributed by atoms with Gasteiger partial charge in [0.1, 0.15) is 0 Å². The van der Waals surface area contributed by atoms with Gasteiger partial charge >= 0.3 is 0 Å². The normalized spacial score (nSPS) is 14.8. The average Bonchev–Trinajstić information content (AvgIpc) is 2.96. The smallest absolute Gasteiger partial charge is 0.293 e. The summed E-state index contributed by atoms with van der Waals surface area (Å²) in [6.45, 7) is 3.63. The van der Waals surface area contributed by atoms with E-state index in [-0.39, 0.29) is 11.7 Å². The molecule has 1 saturated heterocycles. The van der Waals surface area contributed by atoms with Crippen LogP contribution in [0.2, 0.25) is 0 Å². The topological polar surface area (TPSA) is 51.0 Å². The first-order chi connectivity index (χ1) is 13.2. The molecule has 0 radical (unpaired) electrons. The Balaban J connectivity index is 1.77. The molecule has 2 heterocycles. The van der Waals surface area contributed by atoms with Crippen LogP contribution in [0.5, 0.6) is 0 Å². The third-order valence-electron chi connectivity index (χ3n) is 4.97. The Morgan fingerprint density at radius 3 is 2.37 bits per heavy atom. The van der Waals surface area contributed by atoms with Crippen LogP contribution in [0.1, 0.15) is 41.9 Å². The largest absolute Gasteiger partial charge is 0.336 e. The number of nitrogens with zero attached hydrogens (tertiary/aromatic N) is 4. The van der Waals surface area contributed by atoms with E-state index >= 15 is 0 Å². The van der Waals surface area contributed by atoms with Crippen LogP contribution in [0, 0.1) is 6.92 Å². The van der Waals surface area contributed by atoms with Crippen molar-refractivity contribution in [3.63, 3.8) is 0 Å². The Morgan fingerprint density at radius 1 is 0.926 bits per heavy atom. The maximum Gasteiger partial charge on any atom is 0.293 e. The van der Waals surface area contributed by atoms with E-state index in [0.717, 1.165) is 42.7 Å². The number of aryl methyl sites for hydroxylation is 1. The summed E-state index contributed by atoms with van der Waals surface area (Å²) in [6.07, 6.45) is 4.47. The number of aromatic nitrogens is 3. The second-order valence-corrected chi connectivity index (χ2v) is 7.08. The Kier molecular flexibility index (Phi) is 5.01. The van der Waals surface area contributed by atoms with E-state index < -0.39 is 0 Å². The minimum Gasteiger partial charge on any atom is -0.336 e. The lowest BCUT2D eigenvalue weighted by Crippen LogP contribution is -2.32. The van der Waals surface area contributed by atoms with Gasteiger partial charge in [0, 0.05) is 18.7 Å². The lowest BCUT2D eigenvalue weighted by atomic mass is 10.2. The predicted molar refractivity (Wildman–Crippen MR) is 106 cm³/mol. The summed E-state index contributed by atoms with van der Waals surface area (Å²) in [6, 6.07) is 18.0.